The number of carbonyl (C=O) groups is 1. The van der Waals surface area contributed by atoms with Gasteiger partial charge in [0.2, 0.25) is 5.91 Å². The first-order valence-corrected chi connectivity index (χ1v) is 8.78. The molecular formula is C18H17ClF3N5O. The number of nitrogens with one attached hydrogen (secondary N) is 1. The lowest BCUT2D eigenvalue weighted by molar-refractivity contribution is -0.141. The first-order valence-electron chi connectivity index (χ1n) is 8.40. The number of anilines is 1. The Morgan fingerprint density at radius 2 is 1.89 bits per heavy atom. The summed E-state index contributed by atoms with van der Waals surface area (Å²) in [4.78, 5) is 12.1. The minimum absolute atomic E-state index is 0.0239. The van der Waals surface area contributed by atoms with Crippen LogP contribution in [-0.2, 0) is 24.1 Å². The molecule has 28 heavy (non-hydrogen) atoms. The topological polar surface area (TPSA) is 64.7 Å². The standard InChI is InChI=1S/C18H17ClF3N5O/c1-12-10-15(18(20,21)22)24-27(12)9-7-17(28)23-16-6-8-26(25-16)11-13-2-4-14(19)5-3-13/h2-6,8,10H,7,9,11H2,1H3,(H,23,25,28). The maximum Gasteiger partial charge on any atom is 0.435 e. The third kappa shape index (κ3) is 5.13. The molecule has 148 valence electrons. The van der Waals surface area contributed by atoms with Gasteiger partial charge in [-0.2, -0.15) is 23.4 Å². The molecule has 2 aromatic heterocycles. The zero-order valence-corrected chi connectivity index (χ0v) is 15.6. The summed E-state index contributed by atoms with van der Waals surface area (Å²) in [6.07, 6.45) is -2.81. The number of hydrogen-bond acceptors (Lipinski definition) is 3. The molecule has 0 atom stereocenters. The summed E-state index contributed by atoms with van der Waals surface area (Å²) in [6.45, 7) is 2.07. The van der Waals surface area contributed by atoms with Crippen molar-refractivity contribution in [3.63, 3.8) is 0 Å². The van der Waals surface area contributed by atoms with E-state index in [1.54, 1.807) is 29.1 Å². The van der Waals surface area contributed by atoms with Gasteiger partial charge in [0.15, 0.2) is 11.5 Å². The molecule has 0 bridgehead atoms. The van der Waals surface area contributed by atoms with Crippen LogP contribution >= 0.6 is 11.6 Å². The Kier molecular flexibility index (Phi) is 5.73. The summed E-state index contributed by atoms with van der Waals surface area (Å²) in [7, 11) is 0. The number of nitrogens with zero attached hydrogens (tertiary/aromatic N) is 4. The Balaban J connectivity index is 1.53. The normalized spacial score (nSPS) is 11.6. The number of rotatable bonds is 6. The fourth-order valence-corrected chi connectivity index (χ4v) is 2.71. The van der Waals surface area contributed by atoms with Crippen molar-refractivity contribution in [2.45, 2.75) is 32.6 Å². The average molecular weight is 412 g/mol. The van der Waals surface area contributed by atoms with Gasteiger partial charge >= 0.3 is 6.18 Å². The van der Waals surface area contributed by atoms with Gasteiger partial charge in [0.1, 0.15) is 0 Å². The van der Waals surface area contributed by atoms with Gasteiger partial charge < -0.3 is 5.32 Å². The molecular weight excluding hydrogens is 395 g/mol. The maximum atomic E-state index is 12.7. The monoisotopic (exact) mass is 411 g/mol. The summed E-state index contributed by atoms with van der Waals surface area (Å²) in [5, 5.41) is 11.0. The van der Waals surface area contributed by atoms with Gasteiger partial charge in [-0.3, -0.25) is 14.2 Å². The van der Waals surface area contributed by atoms with Crippen LogP contribution in [0.15, 0.2) is 42.6 Å². The Morgan fingerprint density at radius 3 is 2.54 bits per heavy atom. The number of aryl methyl sites for hydroxylation is 2. The van der Waals surface area contributed by atoms with Crippen LogP contribution in [0.4, 0.5) is 19.0 Å². The molecule has 1 aromatic carbocycles. The zero-order chi connectivity index (χ0) is 20.3. The molecule has 1 amide bonds. The van der Waals surface area contributed by atoms with E-state index in [1.165, 1.54) is 11.6 Å². The fraction of sp³-hybridized carbons (Fsp3) is 0.278. The van der Waals surface area contributed by atoms with Crippen LogP contribution in [0.5, 0.6) is 0 Å². The molecule has 0 unspecified atom stereocenters. The van der Waals surface area contributed by atoms with Gasteiger partial charge in [0, 0.05) is 35.9 Å². The molecule has 0 aliphatic carbocycles. The Morgan fingerprint density at radius 1 is 1.18 bits per heavy atom. The largest absolute Gasteiger partial charge is 0.435 e. The van der Waals surface area contributed by atoms with Gasteiger partial charge in [0.25, 0.3) is 0 Å². The molecule has 0 saturated carbocycles. The lowest BCUT2D eigenvalue weighted by Crippen LogP contribution is -2.16. The molecule has 0 spiro atoms. The van der Waals surface area contributed by atoms with Crippen LogP contribution in [0.3, 0.4) is 0 Å². The van der Waals surface area contributed by atoms with E-state index in [2.05, 4.69) is 15.5 Å². The van der Waals surface area contributed by atoms with E-state index >= 15 is 0 Å². The quantitative estimate of drug-likeness (QED) is 0.663. The number of amides is 1. The average Bonchev–Trinajstić information content (AvgIpc) is 3.21. The number of benzene rings is 1. The van der Waals surface area contributed by atoms with E-state index in [-0.39, 0.29) is 18.9 Å². The van der Waals surface area contributed by atoms with Crippen LogP contribution in [0.1, 0.15) is 23.4 Å². The highest BCUT2D eigenvalue weighted by Gasteiger charge is 2.34. The summed E-state index contributed by atoms with van der Waals surface area (Å²) in [5.74, 6) is 0.00679. The lowest BCUT2D eigenvalue weighted by atomic mass is 10.2. The SMILES string of the molecule is Cc1cc(C(F)(F)F)nn1CCC(=O)Nc1ccn(Cc2ccc(Cl)cc2)n1. The van der Waals surface area contributed by atoms with E-state index in [9.17, 15) is 18.0 Å². The second-order valence-corrected chi connectivity index (χ2v) is 6.65. The van der Waals surface area contributed by atoms with Crippen LogP contribution in [0.25, 0.3) is 0 Å². The van der Waals surface area contributed by atoms with Crippen LogP contribution in [-0.4, -0.2) is 25.5 Å². The van der Waals surface area contributed by atoms with E-state index in [0.29, 0.717) is 23.1 Å². The molecule has 0 aliphatic heterocycles. The molecule has 0 aliphatic rings. The number of carbonyl (C=O) groups excluding carboxylic acids is 1. The van der Waals surface area contributed by atoms with Crippen LogP contribution in [0, 0.1) is 6.92 Å². The van der Waals surface area contributed by atoms with E-state index < -0.39 is 11.9 Å². The summed E-state index contributed by atoms with van der Waals surface area (Å²) >= 11 is 5.85. The van der Waals surface area contributed by atoms with Crippen molar-refractivity contribution in [1.29, 1.82) is 0 Å². The minimum atomic E-state index is -4.50. The smallest absolute Gasteiger partial charge is 0.309 e. The van der Waals surface area contributed by atoms with Crippen LogP contribution < -0.4 is 5.32 Å². The lowest BCUT2D eigenvalue weighted by Gasteiger charge is -2.05. The Bertz CT molecular complexity index is 963. The van der Waals surface area contributed by atoms with Gasteiger partial charge in [-0.05, 0) is 30.7 Å². The molecule has 0 fully saturated rings. The predicted octanol–water partition coefficient (Wildman–Crippen LogP) is 4.14. The second-order valence-electron chi connectivity index (χ2n) is 6.22. The summed E-state index contributed by atoms with van der Waals surface area (Å²) in [6, 6.07) is 9.92. The van der Waals surface area contributed by atoms with Crippen molar-refractivity contribution in [3.8, 4) is 0 Å². The van der Waals surface area contributed by atoms with Crippen molar-refractivity contribution < 1.29 is 18.0 Å². The Hall–Kier alpha value is -2.81. The minimum Gasteiger partial charge on any atom is -0.309 e. The summed E-state index contributed by atoms with van der Waals surface area (Å²) in [5.41, 5.74) is 0.374. The van der Waals surface area contributed by atoms with Crippen molar-refractivity contribution in [3.05, 3.63) is 64.6 Å². The number of aromatic nitrogens is 4. The van der Waals surface area contributed by atoms with Crippen molar-refractivity contribution >= 4 is 23.3 Å². The molecule has 3 rings (SSSR count). The van der Waals surface area contributed by atoms with Crippen molar-refractivity contribution in [2.24, 2.45) is 0 Å². The summed E-state index contributed by atoms with van der Waals surface area (Å²) < 4.78 is 40.8. The van der Waals surface area contributed by atoms with Crippen molar-refractivity contribution in [1.82, 2.24) is 19.6 Å². The van der Waals surface area contributed by atoms with Gasteiger partial charge in [0.05, 0.1) is 6.54 Å². The highest BCUT2D eigenvalue weighted by molar-refractivity contribution is 6.30. The molecule has 1 N–H and O–H groups in total. The fourth-order valence-electron chi connectivity index (χ4n) is 2.58. The van der Waals surface area contributed by atoms with Crippen LogP contribution in [0.2, 0.25) is 5.02 Å². The van der Waals surface area contributed by atoms with E-state index in [4.69, 9.17) is 11.6 Å². The number of halogens is 4. The maximum absolute atomic E-state index is 12.7. The second kappa shape index (κ2) is 8.05. The number of hydrogen-bond donors (Lipinski definition) is 1. The highest BCUT2D eigenvalue weighted by Crippen LogP contribution is 2.28. The number of alkyl halides is 3. The highest BCUT2D eigenvalue weighted by atomic mass is 35.5. The molecule has 0 saturated heterocycles. The molecule has 0 radical (unpaired) electrons. The van der Waals surface area contributed by atoms with Crippen molar-refractivity contribution in [2.75, 3.05) is 5.32 Å². The Labute approximate surface area is 163 Å². The van der Waals surface area contributed by atoms with E-state index in [0.717, 1.165) is 11.6 Å². The first kappa shape index (κ1) is 19.9. The zero-order valence-electron chi connectivity index (χ0n) is 14.9. The van der Waals surface area contributed by atoms with Gasteiger partial charge in [-0.1, -0.05) is 23.7 Å². The molecule has 6 nitrogen and oxygen atoms in total. The van der Waals surface area contributed by atoms with E-state index in [1.807, 2.05) is 12.1 Å². The predicted molar refractivity (Wildman–Crippen MR) is 98.0 cm³/mol. The third-order valence-corrected chi connectivity index (χ3v) is 4.24. The third-order valence-electron chi connectivity index (χ3n) is 3.99. The van der Waals surface area contributed by atoms with Gasteiger partial charge in [-0.15, -0.1) is 0 Å². The molecule has 2 heterocycles. The molecule has 10 heteroatoms. The first-order chi connectivity index (χ1) is 13.2. The van der Waals surface area contributed by atoms with Gasteiger partial charge in [-0.25, -0.2) is 0 Å². The molecule has 3 aromatic rings.